The number of carbonyl (C=O) groups excluding carboxylic acids is 1. The number of halogens is 1. The van der Waals surface area contributed by atoms with Crippen LogP contribution in [0.5, 0.6) is 0 Å². The van der Waals surface area contributed by atoms with E-state index >= 15 is 0 Å². The van der Waals surface area contributed by atoms with Crippen LogP contribution in [0.4, 0.5) is 15.9 Å². The Morgan fingerprint density at radius 2 is 2.07 bits per heavy atom. The average Bonchev–Trinajstić information content (AvgIpc) is 3.39. The molecule has 5 heterocycles. The van der Waals surface area contributed by atoms with Gasteiger partial charge in [-0.2, -0.15) is 5.10 Å². The Labute approximate surface area is 155 Å². The van der Waals surface area contributed by atoms with Gasteiger partial charge >= 0.3 is 0 Å². The largest absolute Gasteiger partial charge is 0.354 e. The number of pyridine rings is 2. The summed E-state index contributed by atoms with van der Waals surface area (Å²) in [5.41, 5.74) is 2.84. The van der Waals surface area contributed by atoms with Gasteiger partial charge in [-0.05, 0) is 30.7 Å². The first-order valence-electron chi connectivity index (χ1n) is 8.85. The highest BCUT2D eigenvalue weighted by Gasteiger charge is 2.32. The summed E-state index contributed by atoms with van der Waals surface area (Å²) in [5, 5.41) is 4.55. The van der Waals surface area contributed by atoms with Crippen molar-refractivity contribution >= 4 is 17.4 Å². The standard InChI is InChI=1S/C19H17FN6O/c20-13-5-7-24(10-13)18-4-3-15(9-22-18)26-11-16-17(23-26)12-25(19(16)27)14-2-1-6-21-8-14/h1-4,6,8-9,11,13H,5,7,10,12H2/t13-/m1/s1/i20-1. The van der Waals surface area contributed by atoms with E-state index in [-0.39, 0.29) is 5.91 Å². The number of aromatic nitrogens is 4. The summed E-state index contributed by atoms with van der Waals surface area (Å²) < 4.78 is 15.0. The summed E-state index contributed by atoms with van der Waals surface area (Å²) in [6.07, 6.45) is 6.54. The minimum Gasteiger partial charge on any atom is -0.354 e. The summed E-state index contributed by atoms with van der Waals surface area (Å²) in [6, 6.07) is 7.41. The van der Waals surface area contributed by atoms with Gasteiger partial charge in [0.2, 0.25) is 0 Å². The van der Waals surface area contributed by atoms with Crippen molar-refractivity contribution in [3.05, 3.63) is 60.3 Å². The van der Waals surface area contributed by atoms with E-state index in [0.717, 1.165) is 22.9 Å². The highest BCUT2D eigenvalue weighted by molar-refractivity contribution is 6.09. The molecule has 0 radical (unpaired) electrons. The van der Waals surface area contributed by atoms with Crippen molar-refractivity contribution in [2.75, 3.05) is 22.9 Å². The van der Waals surface area contributed by atoms with E-state index in [1.165, 1.54) is 0 Å². The predicted octanol–water partition coefficient (Wildman–Crippen LogP) is 2.37. The zero-order valence-electron chi connectivity index (χ0n) is 14.5. The number of rotatable bonds is 3. The minimum atomic E-state index is -0.783. The lowest BCUT2D eigenvalue weighted by Crippen LogP contribution is -2.24. The molecule has 1 amide bonds. The van der Waals surface area contributed by atoms with Gasteiger partial charge in [-0.25, -0.2) is 14.1 Å². The van der Waals surface area contributed by atoms with E-state index in [1.54, 1.807) is 40.4 Å². The molecular formula is C19H17FN6O. The molecule has 1 fully saturated rings. The number of alkyl halides is 1. The molecule has 5 rings (SSSR count). The molecule has 0 saturated carbocycles. The fourth-order valence-electron chi connectivity index (χ4n) is 3.55. The van der Waals surface area contributed by atoms with Crippen LogP contribution in [0.25, 0.3) is 5.69 Å². The van der Waals surface area contributed by atoms with E-state index in [1.807, 2.05) is 23.1 Å². The summed E-state index contributed by atoms with van der Waals surface area (Å²) in [7, 11) is 0. The Bertz CT molecular complexity index is 987. The second-order valence-electron chi connectivity index (χ2n) is 6.74. The number of nitrogens with zero attached hydrogens (tertiary/aromatic N) is 6. The van der Waals surface area contributed by atoms with Gasteiger partial charge in [0.25, 0.3) is 5.91 Å². The number of anilines is 2. The normalized spacial score (nSPS) is 19.0. The van der Waals surface area contributed by atoms with Crippen LogP contribution in [-0.4, -0.2) is 44.9 Å². The van der Waals surface area contributed by atoms with Gasteiger partial charge in [0.15, 0.2) is 0 Å². The molecule has 0 aromatic carbocycles. The molecule has 7 nitrogen and oxygen atoms in total. The Morgan fingerprint density at radius 3 is 2.74 bits per heavy atom. The fraction of sp³-hybridized carbons (Fsp3) is 0.263. The van der Waals surface area contributed by atoms with E-state index in [9.17, 15) is 9.18 Å². The third kappa shape index (κ3) is 2.73. The van der Waals surface area contributed by atoms with E-state index in [0.29, 0.717) is 31.6 Å². The first-order valence-corrected chi connectivity index (χ1v) is 8.85. The molecule has 2 aliphatic rings. The predicted molar refractivity (Wildman–Crippen MR) is 97.8 cm³/mol. The van der Waals surface area contributed by atoms with Gasteiger partial charge < -0.3 is 9.80 Å². The molecule has 136 valence electrons. The zero-order valence-corrected chi connectivity index (χ0v) is 14.5. The van der Waals surface area contributed by atoms with Crippen molar-refractivity contribution in [1.82, 2.24) is 19.7 Å². The number of carbonyl (C=O) groups is 1. The van der Waals surface area contributed by atoms with Crippen molar-refractivity contribution in [1.29, 1.82) is 0 Å². The highest BCUT2D eigenvalue weighted by Crippen LogP contribution is 2.28. The number of amides is 1. The van der Waals surface area contributed by atoms with Crippen LogP contribution < -0.4 is 9.80 Å². The molecule has 3 aromatic rings. The molecule has 0 unspecified atom stereocenters. The second kappa shape index (κ2) is 6.15. The maximum atomic E-state index is 13.4. The summed E-state index contributed by atoms with van der Waals surface area (Å²) >= 11 is 0. The van der Waals surface area contributed by atoms with Crippen molar-refractivity contribution in [3.63, 3.8) is 0 Å². The molecule has 2 aliphatic heterocycles. The van der Waals surface area contributed by atoms with E-state index < -0.39 is 6.17 Å². The van der Waals surface area contributed by atoms with Gasteiger partial charge in [-0.3, -0.25) is 9.78 Å². The fourth-order valence-corrected chi connectivity index (χ4v) is 3.55. The Kier molecular flexibility index (Phi) is 3.63. The van der Waals surface area contributed by atoms with Crippen molar-refractivity contribution < 1.29 is 9.18 Å². The summed E-state index contributed by atoms with van der Waals surface area (Å²) in [6.45, 7) is 1.49. The minimum absolute atomic E-state index is 0.0834. The molecule has 0 bridgehead atoms. The number of hydrogen-bond donors (Lipinski definition) is 0. The summed E-state index contributed by atoms with van der Waals surface area (Å²) in [5.74, 6) is 0.678. The first kappa shape index (κ1) is 15.9. The third-order valence-electron chi connectivity index (χ3n) is 4.98. The van der Waals surface area contributed by atoms with Crippen LogP contribution in [-0.2, 0) is 6.54 Å². The molecule has 0 N–H and O–H groups in total. The maximum Gasteiger partial charge on any atom is 0.262 e. The Morgan fingerprint density at radius 1 is 1.15 bits per heavy atom. The second-order valence-corrected chi connectivity index (χ2v) is 6.74. The lowest BCUT2D eigenvalue weighted by Gasteiger charge is -2.16. The Hall–Kier alpha value is -3.29. The monoisotopic (exact) mass is 363 g/mol. The molecule has 27 heavy (non-hydrogen) atoms. The van der Waals surface area contributed by atoms with Crippen LogP contribution in [0.1, 0.15) is 22.5 Å². The van der Waals surface area contributed by atoms with Gasteiger partial charge in [-0.1, -0.05) is 0 Å². The summed E-state index contributed by atoms with van der Waals surface area (Å²) in [4.78, 5) is 24.8. The number of fused-ring (bicyclic) bond motifs is 1. The quantitative estimate of drug-likeness (QED) is 0.715. The SMILES string of the molecule is O=C1c2cn(-c3ccc(N4CC[C@@H]([18F])C4)nc3)nc2CN1c1cccnc1. The molecule has 0 aliphatic carbocycles. The van der Waals surface area contributed by atoms with Crippen LogP contribution in [0, 0.1) is 0 Å². The topological polar surface area (TPSA) is 67.2 Å². The molecule has 1 saturated heterocycles. The molecule has 1 atom stereocenters. The van der Waals surface area contributed by atoms with Gasteiger partial charge in [0.1, 0.15) is 12.0 Å². The van der Waals surface area contributed by atoms with Crippen molar-refractivity contribution in [2.24, 2.45) is 0 Å². The zero-order chi connectivity index (χ0) is 18.4. The number of hydrogen-bond acceptors (Lipinski definition) is 5. The van der Waals surface area contributed by atoms with E-state index in [4.69, 9.17) is 0 Å². The molecule has 3 aromatic heterocycles. The van der Waals surface area contributed by atoms with E-state index in [2.05, 4.69) is 15.1 Å². The van der Waals surface area contributed by atoms with Crippen molar-refractivity contribution in [3.8, 4) is 5.69 Å². The van der Waals surface area contributed by atoms with Gasteiger partial charge in [0, 0.05) is 18.9 Å². The van der Waals surface area contributed by atoms with Crippen LogP contribution >= 0.6 is 0 Å². The van der Waals surface area contributed by atoms with Crippen LogP contribution in [0.2, 0.25) is 0 Å². The van der Waals surface area contributed by atoms with Gasteiger partial charge in [-0.15, -0.1) is 0 Å². The highest BCUT2D eigenvalue weighted by atomic mass is 18.2. The third-order valence-corrected chi connectivity index (χ3v) is 4.98. The Balaban J connectivity index is 1.37. The molecule has 0 spiro atoms. The van der Waals surface area contributed by atoms with Crippen molar-refractivity contribution in [2.45, 2.75) is 19.1 Å². The molecule has 8 heteroatoms. The molecular weight excluding hydrogens is 346 g/mol. The first-order chi connectivity index (χ1) is 13.2. The van der Waals surface area contributed by atoms with Gasteiger partial charge in [0.05, 0.1) is 48.1 Å². The maximum absolute atomic E-state index is 13.4. The van der Waals surface area contributed by atoms with Crippen LogP contribution in [0.15, 0.2) is 49.1 Å². The smallest absolute Gasteiger partial charge is 0.262 e. The van der Waals surface area contributed by atoms with Crippen LogP contribution in [0.3, 0.4) is 0 Å². The lowest BCUT2D eigenvalue weighted by atomic mass is 10.3. The average molecular weight is 363 g/mol. The lowest BCUT2D eigenvalue weighted by molar-refractivity contribution is 0.0996.